The summed E-state index contributed by atoms with van der Waals surface area (Å²) in [4.78, 5) is 74.2. The van der Waals surface area contributed by atoms with Crippen molar-refractivity contribution in [3.05, 3.63) is 235 Å². The maximum Gasteiger partial charge on any atom is 0.205 e. The van der Waals surface area contributed by atoms with Crippen LogP contribution in [0.4, 0.5) is 0 Å². The Morgan fingerprint density at radius 1 is 0.444 bits per heavy atom. The zero-order valence-corrected chi connectivity index (χ0v) is 35.4. The first-order valence-electron chi connectivity index (χ1n) is 20.0. The highest BCUT2D eigenvalue weighted by Crippen LogP contribution is 2.34. The summed E-state index contributed by atoms with van der Waals surface area (Å²) in [6, 6.07) is 44.2. The number of para-hydroxylation sites is 2. The molecule has 0 unspecified atom stereocenters. The van der Waals surface area contributed by atoms with E-state index in [0.717, 1.165) is 11.1 Å². The Kier molecular flexibility index (Phi) is 13.7. The first-order valence-corrected chi connectivity index (χ1v) is 20.8. The number of carbonyl (C=O) groups is 6. The Labute approximate surface area is 373 Å². The summed E-state index contributed by atoms with van der Waals surface area (Å²) in [5, 5.41) is 9.75. The highest BCUT2D eigenvalue weighted by atomic mass is 35.5. The van der Waals surface area contributed by atoms with Crippen molar-refractivity contribution >= 4 is 57.9 Å². The number of Topliss-reactive ketones (excluding diaryl/α,β-unsaturated/α-hetero) is 5. The lowest BCUT2D eigenvalue weighted by Crippen LogP contribution is -2.21. The van der Waals surface area contributed by atoms with Gasteiger partial charge in [0.1, 0.15) is 11.5 Å². The molecule has 6 aromatic carbocycles. The van der Waals surface area contributed by atoms with Crippen LogP contribution in [0.5, 0.6) is 11.5 Å². The number of phenols is 1. The summed E-state index contributed by atoms with van der Waals surface area (Å²) in [7, 11) is 0. The van der Waals surface area contributed by atoms with Crippen LogP contribution in [0.3, 0.4) is 0 Å². The third-order valence-electron chi connectivity index (χ3n) is 10.6. The van der Waals surface area contributed by atoms with Crippen LogP contribution in [0.25, 0.3) is 0 Å². The van der Waals surface area contributed by atoms with Gasteiger partial charge in [-0.15, -0.1) is 0 Å². The zero-order chi connectivity index (χ0) is 44.6. The number of aromatic hydroxyl groups is 1. The van der Waals surface area contributed by atoms with Gasteiger partial charge in [-0.1, -0.05) is 163 Å². The molecule has 0 radical (unpaired) electrons. The standard InChI is InChI=1S/C19H15ClO3.C17H11ClO3.C17H12O2/c1-2-23-16-10-6-3-7-12(16)11-15-17(20)19(22)14-9-5-4-8-13(14)18(15)21;18-15-13(9-10-5-1-4-8-14(10)19)16(20)11-6-2-3-7-12(11)17(15)21;18-16-11-13(10-12-6-2-1-3-7-12)17(19)15-9-5-4-8-14(15)16/h3-10H,2,11H2,1H3;1-8,19H,9H2;1-9,11H,10H2. The molecule has 0 amide bonds. The second kappa shape index (κ2) is 19.6. The number of allylic oxidation sites excluding steroid dienone is 6. The average molecular weight is 874 g/mol. The molecule has 1 N–H and O–H groups in total. The quantitative estimate of drug-likeness (QED) is 0.160. The minimum Gasteiger partial charge on any atom is -0.508 e. The highest BCUT2D eigenvalue weighted by molar-refractivity contribution is 6.50. The lowest BCUT2D eigenvalue weighted by molar-refractivity contribution is 0.0979. The maximum absolute atomic E-state index is 12.7. The van der Waals surface area contributed by atoms with E-state index in [9.17, 15) is 33.9 Å². The molecule has 0 aromatic heterocycles. The van der Waals surface area contributed by atoms with Gasteiger partial charge in [0, 0.05) is 69.4 Å². The fourth-order valence-corrected chi connectivity index (χ4v) is 7.92. The number of ketones is 6. The molecule has 6 aromatic rings. The van der Waals surface area contributed by atoms with Crippen LogP contribution in [0.1, 0.15) is 85.8 Å². The molecule has 3 aliphatic carbocycles. The molecule has 63 heavy (non-hydrogen) atoms. The summed E-state index contributed by atoms with van der Waals surface area (Å²) in [6.07, 6.45) is 2.37. The van der Waals surface area contributed by atoms with Gasteiger partial charge in [0.05, 0.1) is 16.7 Å². The molecule has 0 bridgehead atoms. The van der Waals surface area contributed by atoms with Crippen LogP contribution in [-0.4, -0.2) is 46.4 Å². The fraction of sp³-hybridized carbons (Fsp3) is 0.0943. The Bertz CT molecular complexity index is 2920. The second-order valence-corrected chi connectivity index (χ2v) is 15.3. The molecule has 0 atom stereocenters. The van der Waals surface area contributed by atoms with E-state index in [0.29, 0.717) is 68.9 Å². The van der Waals surface area contributed by atoms with Gasteiger partial charge < -0.3 is 9.84 Å². The summed E-state index contributed by atoms with van der Waals surface area (Å²) in [5.74, 6) is -0.460. The molecule has 0 fully saturated rings. The van der Waals surface area contributed by atoms with Crippen LogP contribution in [0, 0.1) is 0 Å². The van der Waals surface area contributed by atoms with E-state index in [1.54, 1.807) is 91.0 Å². The number of hydrogen-bond donors (Lipinski definition) is 1. The topological polar surface area (TPSA) is 132 Å². The van der Waals surface area contributed by atoms with E-state index in [4.69, 9.17) is 27.9 Å². The second-order valence-electron chi connectivity index (χ2n) is 14.6. The Balaban J connectivity index is 0.000000142. The van der Waals surface area contributed by atoms with Crippen molar-refractivity contribution in [1.82, 2.24) is 0 Å². The van der Waals surface area contributed by atoms with Crippen LogP contribution >= 0.6 is 23.2 Å². The summed E-state index contributed by atoms with van der Waals surface area (Å²) in [5.41, 5.74) is 6.02. The van der Waals surface area contributed by atoms with Gasteiger partial charge in [0.25, 0.3) is 0 Å². The van der Waals surface area contributed by atoms with Crippen molar-refractivity contribution in [3.63, 3.8) is 0 Å². The molecule has 9 rings (SSSR count). The molecule has 10 heteroatoms. The zero-order valence-electron chi connectivity index (χ0n) is 33.9. The number of phenolic OH excluding ortho intramolecular Hbond substituents is 1. The summed E-state index contributed by atoms with van der Waals surface area (Å²) < 4.78 is 5.58. The van der Waals surface area contributed by atoms with E-state index in [1.807, 2.05) is 61.5 Å². The van der Waals surface area contributed by atoms with Crippen molar-refractivity contribution in [2.75, 3.05) is 6.61 Å². The predicted molar refractivity (Wildman–Crippen MR) is 242 cm³/mol. The van der Waals surface area contributed by atoms with E-state index in [2.05, 4.69) is 0 Å². The molecule has 8 nitrogen and oxygen atoms in total. The molecular formula is C53H38Cl2O8. The first kappa shape index (κ1) is 43.8. The molecule has 0 heterocycles. The predicted octanol–water partition coefficient (Wildman–Crippen LogP) is 10.9. The van der Waals surface area contributed by atoms with E-state index in [-0.39, 0.29) is 68.9 Å². The van der Waals surface area contributed by atoms with Crippen molar-refractivity contribution in [1.29, 1.82) is 0 Å². The van der Waals surface area contributed by atoms with E-state index in [1.165, 1.54) is 12.1 Å². The van der Waals surface area contributed by atoms with Gasteiger partial charge >= 0.3 is 0 Å². The molecule has 0 saturated carbocycles. The van der Waals surface area contributed by atoms with Gasteiger partial charge in [-0.05, 0) is 41.8 Å². The van der Waals surface area contributed by atoms with Gasteiger partial charge in [-0.2, -0.15) is 0 Å². The molecular weight excluding hydrogens is 835 g/mol. The number of ether oxygens (including phenoxy) is 1. The van der Waals surface area contributed by atoms with Crippen molar-refractivity contribution in [2.24, 2.45) is 0 Å². The smallest absolute Gasteiger partial charge is 0.205 e. The van der Waals surface area contributed by atoms with Gasteiger partial charge in [0.15, 0.2) is 23.1 Å². The van der Waals surface area contributed by atoms with Crippen molar-refractivity contribution in [2.45, 2.75) is 26.2 Å². The third kappa shape index (κ3) is 9.48. The number of fused-ring (bicyclic) bond motifs is 3. The van der Waals surface area contributed by atoms with Crippen molar-refractivity contribution in [3.8, 4) is 11.5 Å². The molecule has 312 valence electrons. The molecule has 3 aliphatic rings. The van der Waals surface area contributed by atoms with Gasteiger partial charge in [0.2, 0.25) is 11.6 Å². The largest absolute Gasteiger partial charge is 0.508 e. The Morgan fingerprint density at radius 3 is 1.38 bits per heavy atom. The Hall–Kier alpha value is -7.26. The van der Waals surface area contributed by atoms with Crippen LogP contribution in [-0.2, 0) is 19.3 Å². The van der Waals surface area contributed by atoms with Crippen molar-refractivity contribution < 1.29 is 38.6 Å². The van der Waals surface area contributed by atoms with Crippen LogP contribution in [0.2, 0.25) is 0 Å². The molecule has 0 spiro atoms. The number of carbonyl (C=O) groups excluding carboxylic acids is 6. The fourth-order valence-electron chi connectivity index (χ4n) is 7.41. The minimum absolute atomic E-state index is 0.00000142. The van der Waals surface area contributed by atoms with Crippen LogP contribution in [0.15, 0.2) is 185 Å². The average Bonchev–Trinajstić information content (AvgIpc) is 3.31. The van der Waals surface area contributed by atoms with Crippen LogP contribution < -0.4 is 4.74 Å². The minimum atomic E-state index is -0.350. The maximum atomic E-state index is 12.7. The highest BCUT2D eigenvalue weighted by Gasteiger charge is 2.33. The van der Waals surface area contributed by atoms with E-state index < -0.39 is 0 Å². The number of halogens is 2. The summed E-state index contributed by atoms with van der Waals surface area (Å²) in [6.45, 7) is 2.42. The lowest BCUT2D eigenvalue weighted by Gasteiger charge is -2.18. The van der Waals surface area contributed by atoms with Gasteiger partial charge in [-0.25, -0.2) is 0 Å². The lowest BCUT2D eigenvalue weighted by atomic mass is 9.86. The SMILES string of the molecule is CCOc1ccccc1CC1=C(Cl)C(=O)c2ccccc2C1=O.O=C1C(Cl)=C(Cc2ccccc2O)C(=O)c2ccccc21.O=C1C=C(Cc2ccccc2)C(=O)c2ccccc21. The third-order valence-corrected chi connectivity index (χ3v) is 11.4. The molecule has 0 aliphatic heterocycles. The number of benzene rings is 6. The monoisotopic (exact) mass is 872 g/mol. The normalized spacial score (nSPS) is 14.1. The Morgan fingerprint density at radius 2 is 0.857 bits per heavy atom. The van der Waals surface area contributed by atoms with Gasteiger partial charge in [-0.3, -0.25) is 28.8 Å². The van der Waals surface area contributed by atoms with E-state index >= 15 is 0 Å². The molecule has 0 saturated heterocycles. The summed E-state index contributed by atoms with van der Waals surface area (Å²) >= 11 is 12.3. The first-order chi connectivity index (χ1) is 30.5. The number of rotatable bonds is 8. The number of hydrogen-bond acceptors (Lipinski definition) is 8.